The van der Waals surface area contributed by atoms with Crippen molar-refractivity contribution in [1.29, 1.82) is 0 Å². The largest absolute Gasteiger partial charge is 0.447 e. The molecule has 1 aliphatic heterocycles. The zero-order chi connectivity index (χ0) is 20.1. The van der Waals surface area contributed by atoms with Crippen molar-refractivity contribution in [2.75, 3.05) is 16.8 Å². The number of carbonyl (C=O) groups excluding carboxylic acids is 2. The number of hydrogen-bond donors (Lipinski definition) is 1. The Hall–Kier alpha value is -2.67. The van der Waals surface area contributed by atoms with Crippen LogP contribution in [0.4, 0.5) is 5.69 Å². The lowest BCUT2D eigenvalue weighted by Gasteiger charge is -2.19. The van der Waals surface area contributed by atoms with Crippen LogP contribution in [0.2, 0.25) is 0 Å². The molecule has 0 unspecified atom stereocenters. The highest BCUT2D eigenvalue weighted by Crippen LogP contribution is 2.25. The van der Waals surface area contributed by atoms with Gasteiger partial charge in [0.15, 0.2) is 9.84 Å². The third kappa shape index (κ3) is 5.42. The number of carbonyl (C=O) groups is 2. The van der Waals surface area contributed by atoms with Gasteiger partial charge in [-0.1, -0.05) is 48.0 Å². The van der Waals surface area contributed by atoms with Crippen LogP contribution in [0.5, 0.6) is 0 Å². The van der Waals surface area contributed by atoms with Crippen LogP contribution in [0, 0.1) is 12.8 Å². The molecule has 7 heteroatoms. The molecular weight excluding hydrogens is 378 g/mol. The van der Waals surface area contributed by atoms with E-state index in [1.807, 2.05) is 25.1 Å². The molecule has 1 amide bonds. The Morgan fingerprint density at radius 3 is 2.39 bits per heavy atom. The lowest BCUT2D eigenvalue weighted by molar-refractivity contribution is -0.155. The fourth-order valence-electron chi connectivity index (χ4n) is 3.19. The molecule has 2 aromatic carbocycles. The van der Waals surface area contributed by atoms with Crippen LogP contribution in [0.1, 0.15) is 30.1 Å². The summed E-state index contributed by atoms with van der Waals surface area (Å²) in [6.45, 7) is 1.95. The summed E-state index contributed by atoms with van der Waals surface area (Å²) in [5.74, 6) is -1.19. The van der Waals surface area contributed by atoms with Gasteiger partial charge in [0, 0.05) is 17.7 Å². The fraction of sp³-hybridized carbons (Fsp3) is 0.333. The number of rotatable bonds is 6. The molecule has 3 rings (SSSR count). The van der Waals surface area contributed by atoms with E-state index in [0.717, 1.165) is 5.56 Å². The second-order valence-electron chi connectivity index (χ2n) is 7.11. The lowest BCUT2D eigenvalue weighted by atomic mass is 10.1. The van der Waals surface area contributed by atoms with Gasteiger partial charge in [-0.3, -0.25) is 9.59 Å². The predicted octanol–water partition coefficient (Wildman–Crippen LogP) is 3.04. The minimum Gasteiger partial charge on any atom is -0.447 e. The Morgan fingerprint density at radius 2 is 1.79 bits per heavy atom. The molecule has 0 saturated carbocycles. The first-order valence-electron chi connectivity index (χ1n) is 9.15. The topological polar surface area (TPSA) is 89.5 Å². The number of aryl methyl sites for hydroxylation is 1. The Balaban J connectivity index is 1.71. The first-order valence-corrected chi connectivity index (χ1v) is 11.0. The van der Waals surface area contributed by atoms with Crippen molar-refractivity contribution in [3.05, 3.63) is 65.7 Å². The van der Waals surface area contributed by atoms with E-state index in [4.69, 9.17) is 4.74 Å². The summed E-state index contributed by atoms with van der Waals surface area (Å²) in [5, 5.41) is 2.77. The summed E-state index contributed by atoms with van der Waals surface area (Å²) in [6, 6.07) is 16.1. The molecule has 1 fully saturated rings. The Morgan fingerprint density at radius 1 is 1.11 bits per heavy atom. The molecule has 0 aromatic heterocycles. The van der Waals surface area contributed by atoms with Gasteiger partial charge < -0.3 is 10.1 Å². The van der Waals surface area contributed by atoms with Crippen LogP contribution in [0.3, 0.4) is 0 Å². The molecule has 148 valence electrons. The van der Waals surface area contributed by atoms with Crippen molar-refractivity contribution in [2.45, 2.75) is 25.9 Å². The van der Waals surface area contributed by atoms with Crippen LogP contribution in [0.25, 0.3) is 0 Å². The quantitative estimate of drug-likeness (QED) is 0.752. The molecule has 2 aromatic rings. The minimum atomic E-state index is -3.07. The Labute approximate surface area is 164 Å². The number of amides is 1. The summed E-state index contributed by atoms with van der Waals surface area (Å²) in [5.41, 5.74) is 2.23. The SMILES string of the molecule is Cc1ccc(NC(=O)[C@@H](OC(=O)C[C@H]2CCS(=O)(=O)C2)c2ccccc2)cc1. The van der Waals surface area contributed by atoms with Gasteiger partial charge >= 0.3 is 5.97 Å². The molecule has 1 saturated heterocycles. The third-order valence-corrected chi connectivity index (χ3v) is 6.53. The average molecular weight is 401 g/mol. The zero-order valence-electron chi connectivity index (χ0n) is 15.6. The molecule has 28 heavy (non-hydrogen) atoms. The van der Waals surface area contributed by atoms with Crippen LogP contribution < -0.4 is 5.32 Å². The summed E-state index contributed by atoms with van der Waals surface area (Å²) in [6.07, 6.45) is -0.670. The van der Waals surface area contributed by atoms with E-state index in [9.17, 15) is 18.0 Å². The second kappa shape index (κ2) is 8.56. The summed E-state index contributed by atoms with van der Waals surface area (Å²) >= 11 is 0. The van der Waals surface area contributed by atoms with Crippen molar-refractivity contribution in [3.8, 4) is 0 Å². The molecule has 1 heterocycles. The van der Waals surface area contributed by atoms with Crippen LogP contribution in [-0.2, 0) is 24.2 Å². The van der Waals surface area contributed by atoms with E-state index in [1.54, 1.807) is 36.4 Å². The monoisotopic (exact) mass is 401 g/mol. The molecule has 0 spiro atoms. The Kier molecular flexibility index (Phi) is 6.14. The highest BCUT2D eigenvalue weighted by atomic mass is 32.2. The summed E-state index contributed by atoms with van der Waals surface area (Å²) in [4.78, 5) is 25.2. The molecule has 0 radical (unpaired) electrons. The zero-order valence-corrected chi connectivity index (χ0v) is 16.4. The molecule has 0 bridgehead atoms. The molecule has 1 aliphatic rings. The van der Waals surface area contributed by atoms with E-state index >= 15 is 0 Å². The van der Waals surface area contributed by atoms with Crippen molar-refractivity contribution in [3.63, 3.8) is 0 Å². The van der Waals surface area contributed by atoms with E-state index in [0.29, 0.717) is 17.7 Å². The van der Waals surface area contributed by atoms with E-state index < -0.39 is 27.8 Å². The number of hydrogen-bond acceptors (Lipinski definition) is 5. The second-order valence-corrected chi connectivity index (χ2v) is 9.34. The predicted molar refractivity (Wildman–Crippen MR) is 106 cm³/mol. The van der Waals surface area contributed by atoms with Gasteiger partial charge in [0.05, 0.1) is 11.5 Å². The fourth-order valence-corrected chi connectivity index (χ4v) is 5.06. The highest BCUT2D eigenvalue weighted by molar-refractivity contribution is 7.91. The van der Waals surface area contributed by atoms with Crippen molar-refractivity contribution in [2.24, 2.45) is 5.92 Å². The smallest absolute Gasteiger partial charge is 0.307 e. The summed E-state index contributed by atoms with van der Waals surface area (Å²) in [7, 11) is -3.07. The van der Waals surface area contributed by atoms with Gasteiger partial charge in [-0.2, -0.15) is 0 Å². The third-order valence-electron chi connectivity index (χ3n) is 4.69. The number of nitrogens with one attached hydrogen (secondary N) is 1. The van der Waals surface area contributed by atoms with E-state index in [2.05, 4.69) is 5.32 Å². The Bertz CT molecular complexity index is 939. The maximum atomic E-state index is 12.8. The van der Waals surface area contributed by atoms with Gasteiger partial charge in [0.1, 0.15) is 0 Å². The molecule has 1 N–H and O–H groups in total. The normalized spacial score (nSPS) is 19.0. The maximum absolute atomic E-state index is 12.8. The first kappa shape index (κ1) is 20.1. The number of anilines is 1. The van der Waals surface area contributed by atoms with Crippen LogP contribution >= 0.6 is 0 Å². The van der Waals surface area contributed by atoms with Crippen molar-refractivity contribution >= 4 is 27.4 Å². The lowest BCUT2D eigenvalue weighted by Crippen LogP contribution is -2.26. The van der Waals surface area contributed by atoms with E-state index in [1.165, 1.54) is 0 Å². The van der Waals surface area contributed by atoms with Gasteiger partial charge in [-0.05, 0) is 31.4 Å². The highest BCUT2D eigenvalue weighted by Gasteiger charge is 2.32. The molecule has 2 atom stereocenters. The number of esters is 1. The molecule has 6 nitrogen and oxygen atoms in total. The average Bonchev–Trinajstić information content (AvgIpc) is 3.00. The number of benzene rings is 2. The number of sulfone groups is 1. The van der Waals surface area contributed by atoms with Gasteiger partial charge in [0.25, 0.3) is 5.91 Å². The first-order chi connectivity index (χ1) is 13.3. The van der Waals surface area contributed by atoms with Gasteiger partial charge in [-0.25, -0.2) is 8.42 Å². The van der Waals surface area contributed by atoms with Crippen LogP contribution in [0.15, 0.2) is 54.6 Å². The molecule has 0 aliphatic carbocycles. The van der Waals surface area contributed by atoms with Crippen molar-refractivity contribution in [1.82, 2.24) is 0 Å². The van der Waals surface area contributed by atoms with Gasteiger partial charge in [0.2, 0.25) is 6.10 Å². The standard InChI is InChI=1S/C21H23NO5S/c1-15-7-9-18(10-8-15)22-21(24)20(17-5-3-2-4-6-17)27-19(23)13-16-11-12-28(25,26)14-16/h2-10,16,20H,11-14H2,1H3,(H,22,24)/t16-,20+/m1/s1. The minimum absolute atomic E-state index is 0.00628. The van der Waals surface area contributed by atoms with E-state index in [-0.39, 0.29) is 23.8 Å². The number of ether oxygens (including phenoxy) is 1. The summed E-state index contributed by atoms with van der Waals surface area (Å²) < 4.78 is 28.6. The van der Waals surface area contributed by atoms with Crippen molar-refractivity contribution < 1.29 is 22.7 Å². The maximum Gasteiger partial charge on any atom is 0.307 e. The van der Waals surface area contributed by atoms with Crippen LogP contribution in [-0.4, -0.2) is 31.8 Å². The van der Waals surface area contributed by atoms with Gasteiger partial charge in [-0.15, -0.1) is 0 Å². The molecular formula is C21H23NO5S.